The summed E-state index contributed by atoms with van der Waals surface area (Å²) in [6, 6.07) is 12.3. The van der Waals surface area contributed by atoms with Crippen molar-refractivity contribution < 1.29 is 28.3 Å². The zero-order chi connectivity index (χ0) is 22.3. The quantitative estimate of drug-likeness (QED) is 0.307. The summed E-state index contributed by atoms with van der Waals surface area (Å²) in [5, 5.41) is 4.98. The molecule has 0 atom stereocenters. The van der Waals surface area contributed by atoms with E-state index in [0.717, 1.165) is 17.9 Å². The molecule has 31 heavy (non-hydrogen) atoms. The monoisotopic (exact) mass is 419 g/mol. The topological polar surface area (TPSA) is 112 Å². The molecule has 4 aromatic rings. The first kappa shape index (κ1) is 20.1. The first-order chi connectivity index (χ1) is 14.9. The molecule has 8 heteroatoms. The lowest BCUT2D eigenvalue weighted by molar-refractivity contribution is -0.114. The van der Waals surface area contributed by atoms with Crippen LogP contribution >= 0.6 is 0 Å². The summed E-state index contributed by atoms with van der Waals surface area (Å²) in [4.78, 5) is 50.1. The standard InChI is InChI=1S/C23H17NO7/c1-11(25)24-20-18-14(10-15(21(26)29-2)19(20)22(27)30-3)17-13-7-5-4-6-12(13)8-9-16(17)31-23(18)28/h4-10H,1-3H3,(H,24,25). The van der Waals surface area contributed by atoms with Crippen molar-refractivity contribution in [1.82, 2.24) is 0 Å². The highest BCUT2D eigenvalue weighted by molar-refractivity contribution is 6.25. The number of hydrogen-bond donors (Lipinski definition) is 1. The van der Waals surface area contributed by atoms with Crippen LogP contribution in [0.3, 0.4) is 0 Å². The van der Waals surface area contributed by atoms with Crippen LogP contribution in [-0.2, 0) is 14.3 Å². The van der Waals surface area contributed by atoms with Gasteiger partial charge in [0, 0.05) is 17.7 Å². The van der Waals surface area contributed by atoms with Gasteiger partial charge in [-0.25, -0.2) is 14.4 Å². The second kappa shape index (κ2) is 7.56. The number of nitrogens with one attached hydrogen (secondary N) is 1. The Morgan fingerprint density at radius 3 is 2.29 bits per heavy atom. The predicted octanol–water partition coefficient (Wildman–Crippen LogP) is 3.63. The Hall–Kier alpha value is -4.20. The third-order valence-electron chi connectivity index (χ3n) is 4.99. The van der Waals surface area contributed by atoms with E-state index in [4.69, 9.17) is 13.9 Å². The van der Waals surface area contributed by atoms with Crippen molar-refractivity contribution in [2.24, 2.45) is 0 Å². The number of hydrogen-bond acceptors (Lipinski definition) is 7. The number of fused-ring (bicyclic) bond motifs is 5. The summed E-state index contributed by atoms with van der Waals surface area (Å²) in [6.07, 6.45) is 0. The maximum absolute atomic E-state index is 13.0. The van der Waals surface area contributed by atoms with E-state index in [0.29, 0.717) is 16.4 Å². The number of ether oxygens (including phenoxy) is 2. The second-order valence-corrected chi connectivity index (χ2v) is 6.81. The Kier molecular flexibility index (Phi) is 4.90. The fraction of sp³-hybridized carbons (Fsp3) is 0.130. The van der Waals surface area contributed by atoms with Crippen LogP contribution in [0.5, 0.6) is 0 Å². The number of amides is 1. The largest absolute Gasteiger partial charge is 0.465 e. The molecule has 1 aromatic heterocycles. The second-order valence-electron chi connectivity index (χ2n) is 6.81. The molecule has 3 aromatic carbocycles. The van der Waals surface area contributed by atoms with Gasteiger partial charge in [0.1, 0.15) is 5.58 Å². The van der Waals surface area contributed by atoms with Crippen molar-refractivity contribution in [2.75, 3.05) is 19.5 Å². The van der Waals surface area contributed by atoms with Gasteiger partial charge in [-0.3, -0.25) is 4.79 Å². The van der Waals surface area contributed by atoms with Crippen LogP contribution in [-0.4, -0.2) is 32.1 Å². The molecule has 0 bridgehead atoms. The fourth-order valence-corrected chi connectivity index (χ4v) is 3.74. The smallest absolute Gasteiger partial charge is 0.346 e. The first-order valence-corrected chi connectivity index (χ1v) is 9.26. The zero-order valence-electron chi connectivity index (χ0n) is 16.9. The SMILES string of the molecule is COC(=O)c1cc2c(c(NC(C)=O)c1C(=O)OC)c(=O)oc1ccc3ccccc3c12. The van der Waals surface area contributed by atoms with Gasteiger partial charge in [-0.05, 0) is 22.9 Å². The number of benzene rings is 3. The highest BCUT2D eigenvalue weighted by atomic mass is 16.5. The molecule has 4 rings (SSSR count). The molecule has 0 aliphatic heterocycles. The minimum absolute atomic E-state index is 0.0490. The van der Waals surface area contributed by atoms with Crippen LogP contribution in [0.2, 0.25) is 0 Å². The van der Waals surface area contributed by atoms with Crippen LogP contribution in [0.25, 0.3) is 32.5 Å². The van der Waals surface area contributed by atoms with Gasteiger partial charge in [-0.1, -0.05) is 30.3 Å². The first-order valence-electron chi connectivity index (χ1n) is 9.26. The van der Waals surface area contributed by atoms with Crippen molar-refractivity contribution in [2.45, 2.75) is 6.92 Å². The van der Waals surface area contributed by atoms with Crippen LogP contribution in [0.4, 0.5) is 5.69 Å². The average molecular weight is 419 g/mol. The number of carbonyl (C=O) groups excluding carboxylic acids is 3. The molecule has 8 nitrogen and oxygen atoms in total. The Balaban J connectivity index is 2.34. The van der Waals surface area contributed by atoms with E-state index >= 15 is 0 Å². The summed E-state index contributed by atoms with van der Waals surface area (Å²) < 4.78 is 15.2. The van der Waals surface area contributed by atoms with E-state index in [2.05, 4.69) is 5.32 Å². The van der Waals surface area contributed by atoms with Gasteiger partial charge in [0.05, 0.1) is 36.4 Å². The Morgan fingerprint density at radius 2 is 1.61 bits per heavy atom. The normalized spacial score (nSPS) is 10.9. The molecule has 0 radical (unpaired) electrons. The highest BCUT2D eigenvalue weighted by Gasteiger charge is 2.28. The van der Waals surface area contributed by atoms with Crippen LogP contribution in [0.15, 0.2) is 51.7 Å². The molecule has 1 amide bonds. The fourth-order valence-electron chi connectivity index (χ4n) is 3.74. The van der Waals surface area contributed by atoms with E-state index in [1.807, 2.05) is 30.3 Å². The summed E-state index contributed by atoms with van der Waals surface area (Å²) in [6.45, 7) is 1.22. The number of anilines is 1. The molecule has 0 aliphatic rings. The molecule has 0 aliphatic carbocycles. The van der Waals surface area contributed by atoms with E-state index in [9.17, 15) is 19.2 Å². The van der Waals surface area contributed by atoms with Crippen LogP contribution in [0, 0.1) is 0 Å². The number of esters is 2. The number of methoxy groups -OCH3 is 2. The molecule has 1 heterocycles. The summed E-state index contributed by atoms with van der Waals surface area (Å²) in [5.41, 5.74) is -1.08. The molecule has 0 spiro atoms. The molecule has 0 saturated heterocycles. The van der Waals surface area contributed by atoms with Gasteiger partial charge in [0.2, 0.25) is 5.91 Å². The van der Waals surface area contributed by atoms with E-state index in [1.54, 1.807) is 6.07 Å². The van der Waals surface area contributed by atoms with Crippen molar-refractivity contribution in [3.63, 3.8) is 0 Å². The van der Waals surface area contributed by atoms with E-state index in [1.165, 1.54) is 20.1 Å². The molecule has 0 saturated carbocycles. The summed E-state index contributed by atoms with van der Waals surface area (Å²) in [5.74, 6) is -2.29. The summed E-state index contributed by atoms with van der Waals surface area (Å²) in [7, 11) is 2.29. The maximum atomic E-state index is 13.0. The minimum atomic E-state index is -0.913. The molecular formula is C23H17NO7. The van der Waals surface area contributed by atoms with Crippen LogP contribution in [0.1, 0.15) is 27.6 Å². The molecule has 1 N–H and O–H groups in total. The van der Waals surface area contributed by atoms with E-state index in [-0.39, 0.29) is 22.2 Å². The van der Waals surface area contributed by atoms with E-state index < -0.39 is 23.5 Å². The summed E-state index contributed by atoms with van der Waals surface area (Å²) >= 11 is 0. The molecular weight excluding hydrogens is 402 g/mol. The molecule has 0 unspecified atom stereocenters. The van der Waals surface area contributed by atoms with Crippen molar-refractivity contribution in [3.05, 3.63) is 64.0 Å². The van der Waals surface area contributed by atoms with Gasteiger partial charge < -0.3 is 19.2 Å². The maximum Gasteiger partial charge on any atom is 0.346 e. The third-order valence-corrected chi connectivity index (χ3v) is 4.99. The lowest BCUT2D eigenvalue weighted by Gasteiger charge is -2.16. The minimum Gasteiger partial charge on any atom is -0.465 e. The lowest BCUT2D eigenvalue weighted by atomic mass is 9.94. The Bertz CT molecular complexity index is 1470. The predicted molar refractivity (Wildman–Crippen MR) is 114 cm³/mol. The Morgan fingerprint density at radius 1 is 0.903 bits per heavy atom. The van der Waals surface area contributed by atoms with Gasteiger partial charge in [-0.15, -0.1) is 0 Å². The third kappa shape index (κ3) is 3.18. The Labute approximate surface area is 175 Å². The average Bonchev–Trinajstić information content (AvgIpc) is 2.76. The van der Waals surface area contributed by atoms with Gasteiger partial charge in [0.15, 0.2) is 0 Å². The van der Waals surface area contributed by atoms with Gasteiger partial charge in [-0.2, -0.15) is 0 Å². The molecule has 156 valence electrons. The number of rotatable bonds is 3. The lowest BCUT2D eigenvalue weighted by Crippen LogP contribution is -2.20. The zero-order valence-corrected chi connectivity index (χ0v) is 16.9. The van der Waals surface area contributed by atoms with Crippen molar-refractivity contribution in [1.29, 1.82) is 0 Å². The van der Waals surface area contributed by atoms with Crippen LogP contribution < -0.4 is 10.9 Å². The number of carbonyl (C=O) groups is 3. The highest BCUT2D eigenvalue weighted by Crippen LogP contribution is 2.37. The van der Waals surface area contributed by atoms with Gasteiger partial charge >= 0.3 is 17.6 Å². The van der Waals surface area contributed by atoms with Crippen molar-refractivity contribution in [3.8, 4) is 0 Å². The van der Waals surface area contributed by atoms with Crippen molar-refractivity contribution >= 4 is 56.0 Å². The molecule has 0 fully saturated rings. The van der Waals surface area contributed by atoms with Gasteiger partial charge in [0.25, 0.3) is 0 Å².